The molecule has 0 radical (unpaired) electrons. The van der Waals surface area contributed by atoms with E-state index in [-0.39, 0.29) is 6.10 Å². The molecule has 0 spiro atoms. The standard InChI is InChI=1S/C13H21NO3/c1-10(7-15-2)16-9-13-5-11(8-17-13)6-14-12-3-4-12/h5,8,10,12,14H,3-4,6-7,9H2,1-2H3. The first-order valence-electron chi connectivity index (χ1n) is 6.18. The molecular formula is C13H21NO3. The molecule has 0 amide bonds. The van der Waals surface area contributed by atoms with Crippen molar-refractivity contribution in [3.8, 4) is 0 Å². The fourth-order valence-electron chi connectivity index (χ4n) is 1.65. The van der Waals surface area contributed by atoms with Gasteiger partial charge in [0.25, 0.3) is 0 Å². The highest BCUT2D eigenvalue weighted by molar-refractivity contribution is 5.12. The lowest BCUT2D eigenvalue weighted by atomic mass is 10.3. The van der Waals surface area contributed by atoms with Crippen LogP contribution in [0.15, 0.2) is 16.7 Å². The summed E-state index contributed by atoms with van der Waals surface area (Å²) < 4.78 is 16.0. The lowest BCUT2D eigenvalue weighted by Gasteiger charge is -2.09. The van der Waals surface area contributed by atoms with Gasteiger partial charge in [-0.1, -0.05) is 0 Å². The van der Waals surface area contributed by atoms with Crippen molar-refractivity contribution in [2.45, 2.75) is 45.1 Å². The third-order valence-electron chi connectivity index (χ3n) is 2.79. The van der Waals surface area contributed by atoms with Crippen LogP contribution in [-0.4, -0.2) is 25.9 Å². The Bertz CT molecular complexity index is 333. The summed E-state index contributed by atoms with van der Waals surface area (Å²) in [6.45, 7) is 3.99. The predicted octanol–water partition coefficient (Wildman–Crippen LogP) is 2.08. The van der Waals surface area contributed by atoms with E-state index in [1.165, 1.54) is 18.4 Å². The highest BCUT2D eigenvalue weighted by atomic mass is 16.5. The zero-order valence-electron chi connectivity index (χ0n) is 10.6. The molecule has 1 heterocycles. The van der Waals surface area contributed by atoms with E-state index in [9.17, 15) is 0 Å². The average molecular weight is 239 g/mol. The van der Waals surface area contributed by atoms with Crippen LogP contribution < -0.4 is 5.32 Å². The molecule has 0 saturated heterocycles. The van der Waals surface area contributed by atoms with Gasteiger partial charge in [-0.15, -0.1) is 0 Å². The average Bonchev–Trinajstić information content (AvgIpc) is 3.03. The molecule has 2 rings (SSSR count). The summed E-state index contributed by atoms with van der Waals surface area (Å²) in [7, 11) is 1.68. The van der Waals surface area contributed by atoms with Gasteiger partial charge in [0.1, 0.15) is 12.4 Å². The molecule has 1 fully saturated rings. The molecule has 1 aromatic rings. The maximum atomic E-state index is 5.58. The second-order valence-electron chi connectivity index (χ2n) is 4.65. The zero-order valence-corrected chi connectivity index (χ0v) is 10.6. The van der Waals surface area contributed by atoms with Gasteiger partial charge in [0.05, 0.1) is 19.0 Å². The molecule has 1 saturated carbocycles. The number of hydrogen-bond donors (Lipinski definition) is 1. The molecule has 4 nitrogen and oxygen atoms in total. The SMILES string of the molecule is COCC(C)OCc1cc(CNC2CC2)co1. The van der Waals surface area contributed by atoms with Gasteiger partial charge in [0, 0.05) is 25.3 Å². The second kappa shape index (κ2) is 6.19. The molecule has 0 aliphatic heterocycles. The van der Waals surface area contributed by atoms with Crippen LogP contribution in [0, 0.1) is 0 Å². The first-order chi connectivity index (χ1) is 8.28. The van der Waals surface area contributed by atoms with E-state index in [1.807, 2.05) is 6.92 Å². The van der Waals surface area contributed by atoms with Crippen molar-refractivity contribution < 1.29 is 13.9 Å². The van der Waals surface area contributed by atoms with Crippen LogP contribution >= 0.6 is 0 Å². The van der Waals surface area contributed by atoms with E-state index in [0.717, 1.165) is 18.3 Å². The van der Waals surface area contributed by atoms with Gasteiger partial charge in [-0.3, -0.25) is 0 Å². The minimum atomic E-state index is 0.0955. The van der Waals surface area contributed by atoms with Gasteiger partial charge in [0.2, 0.25) is 0 Å². The molecular weight excluding hydrogens is 218 g/mol. The van der Waals surface area contributed by atoms with Gasteiger partial charge >= 0.3 is 0 Å². The molecule has 0 aromatic carbocycles. The van der Waals surface area contributed by atoms with Crippen LogP contribution in [0.25, 0.3) is 0 Å². The molecule has 1 aromatic heterocycles. The summed E-state index contributed by atoms with van der Waals surface area (Å²) in [6, 6.07) is 2.78. The lowest BCUT2D eigenvalue weighted by Crippen LogP contribution is -2.15. The molecule has 0 bridgehead atoms. The van der Waals surface area contributed by atoms with E-state index in [1.54, 1.807) is 13.4 Å². The Morgan fingerprint density at radius 1 is 1.53 bits per heavy atom. The smallest absolute Gasteiger partial charge is 0.129 e. The fraction of sp³-hybridized carbons (Fsp3) is 0.692. The van der Waals surface area contributed by atoms with Crippen LogP contribution in [-0.2, 0) is 22.6 Å². The molecule has 4 heteroatoms. The molecule has 1 unspecified atom stereocenters. The number of nitrogens with one attached hydrogen (secondary N) is 1. The van der Waals surface area contributed by atoms with E-state index in [0.29, 0.717) is 13.2 Å². The summed E-state index contributed by atoms with van der Waals surface area (Å²) in [5, 5.41) is 3.45. The summed E-state index contributed by atoms with van der Waals surface area (Å²) in [5.74, 6) is 0.876. The van der Waals surface area contributed by atoms with Gasteiger partial charge in [-0.2, -0.15) is 0 Å². The quantitative estimate of drug-likeness (QED) is 0.754. The summed E-state index contributed by atoms with van der Waals surface area (Å²) in [4.78, 5) is 0. The topological polar surface area (TPSA) is 43.6 Å². The van der Waals surface area contributed by atoms with Crippen LogP contribution in [0.5, 0.6) is 0 Å². The molecule has 1 N–H and O–H groups in total. The Morgan fingerprint density at radius 2 is 2.35 bits per heavy atom. The Labute approximate surface area is 102 Å². The van der Waals surface area contributed by atoms with Crippen molar-refractivity contribution in [3.05, 3.63) is 23.7 Å². The number of methoxy groups -OCH3 is 1. The first-order valence-corrected chi connectivity index (χ1v) is 6.18. The molecule has 1 aliphatic rings. The monoisotopic (exact) mass is 239 g/mol. The van der Waals surface area contributed by atoms with Crippen molar-refractivity contribution >= 4 is 0 Å². The van der Waals surface area contributed by atoms with Crippen LogP contribution in [0.1, 0.15) is 31.1 Å². The number of rotatable bonds is 8. The van der Waals surface area contributed by atoms with E-state index >= 15 is 0 Å². The van der Waals surface area contributed by atoms with Gasteiger partial charge < -0.3 is 19.2 Å². The molecule has 96 valence electrons. The minimum absolute atomic E-state index is 0.0955. The maximum absolute atomic E-state index is 5.58. The van der Waals surface area contributed by atoms with Crippen LogP contribution in [0.2, 0.25) is 0 Å². The van der Waals surface area contributed by atoms with Gasteiger partial charge in [-0.05, 0) is 25.8 Å². The Kier molecular flexibility index (Phi) is 4.59. The first kappa shape index (κ1) is 12.6. The lowest BCUT2D eigenvalue weighted by molar-refractivity contribution is -0.00635. The Balaban J connectivity index is 1.69. The Hall–Kier alpha value is -0.840. The number of furan rings is 1. The third kappa shape index (κ3) is 4.50. The molecule has 17 heavy (non-hydrogen) atoms. The summed E-state index contributed by atoms with van der Waals surface area (Å²) in [6.07, 6.45) is 4.51. The van der Waals surface area contributed by atoms with Crippen molar-refractivity contribution in [2.24, 2.45) is 0 Å². The largest absolute Gasteiger partial charge is 0.467 e. The normalized spacial score (nSPS) is 17.3. The van der Waals surface area contributed by atoms with Gasteiger partial charge in [0.15, 0.2) is 0 Å². The second-order valence-corrected chi connectivity index (χ2v) is 4.65. The molecule has 1 atom stereocenters. The number of hydrogen-bond acceptors (Lipinski definition) is 4. The van der Waals surface area contributed by atoms with Crippen LogP contribution in [0.4, 0.5) is 0 Å². The van der Waals surface area contributed by atoms with E-state index in [4.69, 9.17) is 13.9 Å². The van der Waals surface area contributed by atoms with E-state index in [2.05, 4.69) is 11.4 Å². The maximum Gasteiger partial charge on any atom is 0.129 e. The zero-order chi connectivity index (χ0) is 12.1. The third-order valence-corrected chi connectivity index (χ3v) is 2.79. The van der Waals surface area contributed by atoms with Crippen molar-refractivity contribution in [2.75, 3.05) is 13.7 Å². The summed E-state index contributed by atoms with van der Waals surface area (Å²) in [5.41, 5.74) is 1.19. The summed E-state index contributed by atoms with van der Waals surface area (Å²) >= 11 is 0. The van der Waals surface area contributed by atoms with Crippen molar-refractivity contribution in [1.82, 2.24) is 5.32 Å². The highest BCUT2D eigenvalue weighted by Gasteiger charge is 2.20. The van der Waals surface area contributed by atoms with Crippen molar-refractivity contribution in [1.29, 1.82) is 0 Å². The fourth-order valence-corrected chi connectivity index (χ4v) is 1.65. The molecule has 1 aliphatic carbocycles. The van der Waals surface area contributed by atoms with E-state index < -0.39 is 0 Å². The van der Waals surface area contributed by atoms with Gasteiger partial charge in [-0.25, -0.2) is 0 Å². The van der Waals surface area contributed by atoms with Crippen molar-refractivity contribution in [3.63, 3.8) is 0 Å². The minimum Gasteiger partial charge on any atom is -0.467 e. The van der Waals surface area contributed by atoms with Crippen LogP contribution in [0.3, 0.4) is 0 Å². The highest BCUT2D eigenvalue weighted by Crippen LogP contribution is 2.19. The predicted molar refractivity (Wildman–Crippen MR) is 64.7 cm³/mol. The Morgan fingerprint density at radius 3 is 3.06 bits per heavy atom. The number of ether oxygens (including phenoxy) is 2.